The summed E-state index contributed by atoms with van der Waals surface area (Å²) in [5, 5.41) is 5.39. The third-order valence-electron chi connectivity index (χ3n) is 3.83. The van der Waals surface area contributed by atoms with Crippen molar-refractivity contribution in [2.24, 2.45) is 5.92 Å². The van der Waals surface area contributed by atoms with Gasteiger partial charge in [-0.25, -0.2) is 4.79 Å². The van der Waals surface area contributed by atoms with Gasteiger partial charge in [0.15, 0.2) is 0 Å². The molecule has 1 aliphatic rings. The molecule has 1 aliphatic heterocycles. The molecule has 1 heterocycles. The molecule has 7 heteroatoms. The van der Waals surface area contributed by atoms with Crippen LogP contribution in [0.25, 0.3) is 0 Å². The summed E-state index contributed by atoms with van der Waals surface area (Å²) >= 11 is 1.65. The Hall–Kier alpha value is -2.02. The van der Waals surface area contributed by atoms with Crippen LogP contribution in [0.1, 0.15) is 25.8 Å². The van der Waals surface area contributed by atoms with Gasteiger partial charge in [0.25, 0.3) is 5.91 Å². The summed E-state index contributed by atoms with van der Waals surface area (Å²) in [5.74, 6) is 0.383. The second-order valence-electron chi connectivity index (χ2n) is 6.57. The van der Waals surface area contributed by atoms with E-state index in [2.05, 4.69) is 10.6 Å². The molecule has 1 aromatic carbocycles. The van der Waals surface area contributed by atoms with Crippen LogP contribution >= 0.6 is 11.8 Å². The van der Waals surface area contributed by atoms with E-state index >= 15 is 0 Å². The number of nitrogens with zero attached hydrogens (tertiary/aromatic N) is 1. The number of imide groups is 1. The Morgan fingerprint density at radius 2 is 1.96 bits per heavy atom. The Morgan fingerprint density at radius 1 is 1.28 bits per heavy atom. The summed E-state index contributed by atoms with van der Waals surface area (Å²) < 4.78 is 0. The van der Waals surface area contributed by atoms with Crippen molar-refractivity contribution in [3.05, 3.63) is 29.8 Å². The zero-order valence-corrected chi connectivity index (χ0v) is 15.7. The summed E-state index contributed by atoms with van der Waals surface area (Å²) in [4.78, 5) is 38.2. The second-order valence-corrected chi connectivity index (χ2v) is 7.74. The molecule has 136 valence electrons. The third-order valence-corrected chi connectivity index (χ3v) is 4.84. The number of amides is 4. The molecular formula is C18H25N3O3S. The molecular weight excluding hydrogens is 338 g/mol. The largest absolute Gasteiger partial charge is 0.354 e. The molecule has 0 saturated carbocycles. The number of rotatable bonds is 8. The summed E-state index contributed by atoms with van der Waals surface area (Å²) in [6, 6.07) is 7.18. The highest BCUT2D eigenvalue weighted by Crippen LogP contribution is 2.17. The molecule has 0 spiro atoms. The Balaban J connectivity index is 1.72. The van der Waals surface area contributed by atoms with Gasteiger partial charge in [0.05, 0.1) is 0 Å². The van der Waals surface area contributed by atoms with E-state index < -0.39 is 12.1 Å². The maximum atomic E-state index is 12.2. The van der Waals surface area contributed by atoms with Crippen LogP contribution in [0.3, 0.4) is 0 Å². The van der Waals surface area contributed by atoms with Gasteiger partial charge >= 0.3 is 6.03 Å². The summed E-state index contributed by atoms with van der Waals surface area (Å²) in [6.07, 6.45) is 0.579. The van der Waals surface area contributed by atoms with Crippen molar-refractivity contribution in [1.82, 2.24) is 15.5 Å². The summed E-state index contributed by atoms with van der Waals surface area (Å²) in [6.45, 7) is 6.27. The van der Waals surface area contributed by atoms with Crippen molar-refractivity contribution >= 4 is 29.6 Å². The van der Waals surface area contributed by atoms with E-state index in [1.54, 1.807) is 11.8 Å². The smallest absolute Gasteiger partial charge is 0.325 e. The van der Waals surface area contributed by atoms with E-state index in [0.717, 1.165) is 15.5 Å². The molecule has 0 unspecified atom stereocenters. The summed E-state index contributed by atoms with van der Waals surface area (Å²) in [7, 11) is 0. The average Bonchev–Trinajstić information content (AvgIpc) is 2.80. The van der Waals surface area contributed by atoms with Gasteiger partial charge in [-0.15, -0.1) is 11.8 Å². The highest BCUT2D eigenvalue weighted by Gasteiger charge is 2.38. The van der Waals surface area contributed by atoms with Crippen molar-refractivity contribution in [2.45, 2.75) is 38.1 Å². The van der Waals surface area contributed by atoms with E-state index in [1.807, 2.05) is 45.0 Å². The van der Waals surface area contributed by atoms with Gasteiger partial charge in [-0.2, -0.15) is 0 Å². The fraction of sp³-hybridized carbons (Fsp3) is 0.500. The first-order valence-corrected chi connectivity index (χ1v) is 9.43. The lowest BCUT2D eigenvalue weighted by Gasteiger charge is -2.13. The fourth-order valence-corrected chi connectivity index (χ4v) is 3.32. The number of nitrogens with one attached hydrogen (secondary N) is 2. The quantitative estimate of drug-likeness (QED) is 0.421. The predicted octanol–water partition coefficient (Wildman–Crippen LogP) is 2.17. The molecule has 1 fully saturated rings. The molecule has 0 aromatic heterocycles. The zero-order chi connectivity index (χ0) is 18.4. The van der Waals surface area contributed by atoms with Crippen molar-refractivity contribution in [3.8, 4) is 0 Å². The lowest BCUT2D eigenvalue weighted by molar-refractivity contribution is -0.132. The van der Waals surface area contributed by atoms with Gasteiger partial charge < -0.3 is 10.6 Å². The number of benzene rings is 1. The highest BCUT2D eigenvalue weighted by molar-refractivity contribution is 7.99. The maximum Gasteiger partial charge on any atom is 0.325 e. The number of thioether (sulfide) groups is 1. The monoisotopic (exact) mass is 363 g/mol. The Morgan fingerprint density at radius 3 is 2.60 bits per heavy atom. The lowest BCUT2D eigenvalue weighted by Crippen LogP contribution is -2.41. The standard InChI is InChI=1S/C18H25N3O3S/c1-12(2)10-15-17(23)21(18(24)20-15)11-16(22)19-8-9-25-14-6-4-13(3)5-7-14/h4-7,12,15H,8-11H2,1-3H3,(H,19,22)(H,20,24)/t15-/m1/s1. The molecule has 1 aromatic rings. The van der Waals surface area contributed by atoms with Crippen LogP contribution in [0.2, 0.25) is 0 Å². The minimum absolute atomic E-state index is 0.228. The number of carbonyl (C=O) groups is 3. The van der Waals surface area contributed by atoms with Gasteiger partial charge in [0.2, 0.25) is 5.91 Å². The first-order valence-electron chi connectivity index (χ1n) is 8.45. The molecule has 0 radical (unpaired) electrons. The Kier molecular flexibility index (Phi) is 6.87. The number of carbonyl (C=O) groups excluding carboxylic acids is 3. The van der Waals surface area contributed by atoms with Crippen molar-refractivity contribution in [2.75, 3.05) is 18.8 Å². The topological polar surface area (TPSA) is 78.5 Å². The number of aryl methyl sites for hydroxylation is 1. The average molecular weight is 363 g/mol. The van der Waals surface area contributed by atoms with Gasteiger partial charge in [0.1, 0.15) is 12.6 Å². The molecule has 4 amide bonds. The van der Waals surface area contributed by atoms with Crippen LogP contribution in [-0.2, 0) is 9.59 Å². The molecule has 0 bridgehead atoms. The van der Waals surface area contributed by atoms with Gasteiger partial charge in [-0.1, -0.05) is 31.5 Å². The number of hydrogen-bond acceptors (Lipinski definition) is 4. The first kappa shape index (κ1) is 19.3. The minimum atomic E-state index is -0.516. The normalized spacial score (nSPS) is 17.1. The van der Waals surface area contributed by atoms with E-state index in [0.29, 0.717) is 18.9 Å². The van der Waals surface area contributed by atoms with Crippen LogP contribution in [0.5, 0.6) is 0 Å². The Labute approximate surface area is 152 Å². The van der Waals surface area contributed by atoms with E-state index in [-0.39, 0.29) is 18.4 Å². The molecule has 1 atom stereocenters. The third kappa shape index (κ3) is 5.77. The summed E-state index contributed by atoms with van der Waals surface area (Å²) in [5.41, 5.74) is 1.21. The van der Waals surface area contributed by atoms with E-state index in [9.17, 15) is 14.4 Å². The molecule has 6 nitrogen and oxygen atoms in total. The lowest BCUT2D eigenvalue weighted by atomic mass is 10.0. The van der Waals surface area contributed by atoms with Gasteiger partial charge in [-0.05, 0) is 31.4 Å². The van der Waals surface area contributed by atoms with Crippen LogP contribution < -0.4 is 10.6 Å². The second kappa shape index (κ2) is 8.89. The van der Waals surface area contributed by atoms with E-state index in [1.165, 1.54) is 5.56 Å². The van der Waals surface area contributed by atoms with Crippen molar-refractivity contribution in [3.63, 3.8) is 0 Å². The van der Waals surface area contributed by atoms with Crippen LogP contribution in [0.15, 0.2) is 29.2 Å². The molecule has 25 heavy (non-hydrogen) atoms. The van der Waals surface area contributed by atoms with E-state index in [4.69, 9.17) is 0 Å². The Bertz CT molecular complexity index is 631. The van der Waals surface area contributed by atoms with Crippen LogP contribution in [0, 0.1) is 12.8 Å². The number of urea groups is 1. The van der Waals surface area contributed by atoms with Gasteiger partial charge in [-0.3, -0.25) is 14.5 Å². The molecule has 2 rings (SSSR count). The highest BCUT2D eigenvalue weighted by atomic mass is 32.2. The van der Waals surface area contributed by atoms with Gasteiger partial charge in [0, 0.05) is 17.2 Å². The van der Waals surface area contributed by atoms with Crippen molar-refractivity contribution in [1.29, 1.82) is 0 Å². The zero-order valence-electron chi connectivity index (χ0n) is 14.9. The predicted molar refractivity (Wildman–Crippen MR) is 98.4 cm³/mol. The minimum Gasteiger partial charge on any atom is -0.354 e. The SMILES string of the molecule is Cc1ccc(SCCNC(=O)CN2C(=O)N[C@H](CC(C)C)C2=O)cc1. The fourth-order valence-electron chi connectivity index (χ4n) is 2.55. The van der Waals surface area contributed by atoms with Crippen LogP contribution in [0.4, 0.5) is 4.79 Å². The van der Waals surface area contributed by atoms with Crippen LogP contribution in [-0.4, -0.2) is 47.6 Å². The number of hydrogen-bond donors (Lipinski definition) is 2. The first-order chi connectivity index (χ1) is 11.9. The molecule has 2 N–H and O–H groups in total. The molecule has 0 aliphatic carbocycles. The van der Waals surface area contributed by atoms with Crippen molar-refractivity contribution < 1.29 is 14.4 Å². The molecule has 1 saturated heterocycles. The maximum absolute atomic E-state index is 12.2.